The maximum Gasteiger partial charge on any atom is 0.245 e. The van der Waals surface area contributed by atoms with Gasteiger partial charge in [-0.25, -0.2) is 0 Å². The van der Waals surface area contributed by atoms with Gasteiger partial charge in [-0.2, -0.15) is 5.10 Å². The standard InChI is InChI=1S/C14H24ClN3O/c1-7-18(8-2)13(19)11(15)10-9-17(6)16-12(10)14(3,4)5/h9,11H,7-8H2,1-6H3. The molecule has 0 saturated heterocycles. The first-order valence-electron chi connectivity index (χ1n) is 6.69. The van der Waals surface area contributed by atoms with Crippen molar-refractivity contribution in [3.8, 4) is 0 Å². The zero-order valence-electron chi connectivity index (χ0n) is 12.7. The Balaban J connectivity index is 3.13. The first kappa shape index (κ1) is 16.0. The normalized spacial score (nSPS) is 13.4. The van der Waals surface area contributed by atoms with Crippen LogP contribution in [-0.2, 0) is 17.3 Å². The topological polar surface area (TPSA) is 38.1 Å². The number of rotatable bonds is 4. The zero-order chi connectivity index (χ0) is 14.8. The van der Waals surface area contributed by atoms with E-state index in [2.05, 4.69) is 25.9 Å². The zero-order valence-corrected chi connectivity index (χ0v) is 13.5. The number of likely N-dealkylation sites (N-methyl/N-ethyl adjacent to an activating group) is 1. The molecule has 4 nitrogen and oxygen atoms in total. The molecule has 0 radical (unpaired) electrons. The van der Waals surface area contributed by atoms with E-state index >= 15 is 0 Å². The highest BCUT2D eigenvalue weighted by atomic mass is 35.5. The van der Waals surface area contributed by atoms with Gasteiger partial charge in [0.1, 0.15) is 5.38 Å². The summed E-state index contributed by atoms with van der Waals surface area (Å²) in [4.78, 5) is 14.1. The minimum absolute atomic E-state index is 0.0508. The summed E-state index contributed by atoms with van der Waals surface area (Å²) in [5.41, 5.74) is 1.57. The summed E-state index contributed by atoms with van der Waals surface area (Å²) in [6, 6.07) is 0. The Labute approximate surface area is 120 Å². The van der Waals surface area contributed by atoms with E-state index in [9.17, 15) is 4.79 Å². The fraction of sp³-hybridized carbons (Fsp3) is 0.714. The second-order valence-electron chi connectivity index (χ2n) is 5.73. The molecule has 0 bridgehead atoms. The Kier molecular flexibility index (Phi) is 5.02. The highest BCUT2D eigenvalue weighted by molar-refractivity contribution is 6.30. The molecule has 5 heteroatoms. The maximum atomic E-state index is 12.4. The molecular formula is C14H24ClN3O. The van der Waals surface area contributed by atoms with Crippen LogP contribution in [0.25, 0.3) is 0 Å². The average Bonchev–Trinajstić information content (AvgIpc) is 2.71. The molecule has 1 heterocycles. The summed E-state index contributed by atoms with van der Waals surface area (Å²) in [6.45, 7) is 11.5. The van der Waals surface area contributed by atoms with Gasteiger partial charge in [0.05, 0.1) is 5.69 Å². The molecule has 19 heavy (non-hydrogen) atoms. The quantitative estimate of drug-likeness (QED) is 0.798. The van der Waals surface area contributed by atoms with Crippen LogP contribution in [0.3, 0.4) is 0 Å². The molecule has 0 saturated carbocycles. The Morgan fingerprint density at radius 2 is 1.95 bits per heavy atom. The lowest BCUT2D eigenvalue weighted by molar-refractivity contribution is -0.130. The van der Waals surface area contributed by atoms with Crippen molar-refractivity contribution in [3.63, 3.8) is 0 Å². The van der Waals surface area contributed by atoms with Gasteiger partial charge in [-0.05, 0) is 13.8 Å². The second-order valence-corrected chi connectivity index (χ2v) is 6.17. The Hall–Kier alpha value is -1.03. The SMILES string of the molecule is CCN(CC)C(=O)C(Cl)c1cn(C)nc1C(C)(C)C. The predicted molar refractivity (Wildman–Crippen MR) is 78.4 cm³/mol. The van der Waals surface area contributed by atoms with Crippen molar-refractivity contribution < 1.29 is 4.79 Å². The third kappa shape index (κ3) is 3.50. The van der Waals surface area contributed by atoms with E-state index in [-0.39, 0.29) is 11.3 Å². The van der Waals surface area contributed by atoms with Gasteiger partial charge in [-0.3, -0.25) is 9.48 Å². The van der Waals surface area contributed by atoms with E-state index in [0.29, 0.717) is 13.1 Å². The van der Waals surface area contributed by atoms with E-state index in [1.54, 1.807) is 9.58 Å². The van der Waals surface area contributed by atoms with Gasteiger partial charge in [-0.1, -0.05) is 20.8 Å². The van der Waals surface area contributed by atoms with Gasteiger partial charge < -0.3 is 4.90 Å². The van der Waals surface area contributed by atoms with Crippen LogP contribution in [-0.4, -0.2) is 33.7 Å². The molecule has 1 amide bonds. The van der Waals surface area contributed by atoms with Crippen LogP contribution < -0.4 is 0 Å². The first-order chi connectivity index (χ1) is 8.72. The monoisotopic (exact) mass is 285 g/mol. The van der Waals surface area contributed by atoms with Crippen molar-refractivity contribution in [2.75, 3.05) is 13.1 Å². The summed E-state index contributed by atoms with van der Waals surface area (Å²) >= 11 is 6.39. The smallest absolute Gasteiger partial charge is 0.245 e. The van der Waals surface area contributed by atoms with Crippen LogP contribution in [0, 0.1) is 0 Å². The fourth-order valence-corrected chi connectivity index (χ4v) is 2.40. The van der Waals surface area contributed by atoms with E-state index in [0.717, 1.165) is 11.3 Å². The van der Waals surface area contributed by atoms with Crippen molar-refractivity contribution in [3.05, 3.63) is 17.5 Å². The highest BCUT2D eigenvalue weighted by Gasteiger charge is 2.30. The van der Waals surface area contributed by atoms with Crippen LogP contribution in [0.4, 0.5) is 0 Å². The van der Waals surface area contributed by atoms with Crippen molar-refractivity contribution in [1.82, 2.24) is 14.7 Å². The second kappa shape index (κ2) is 5.95. The number of aromatic nitrogens is 2. The Morgan fingerprint density at radius 3 is 2.37 bits per heavy atom. The molecule has 1 atom stereocenters. The minimum Gasteiger partial charge on any atom is -0.342 e. The molecule has 0 aliphatic rings. The number of hydrogen-bond acceptors (Lipinski definition) is 2. The van der Waals surface area contributed by atoms with Crippen LogP contribution in [0.15, 0.2) is 6.20 Å². The van der Waals surface area contributed by atoms with Crippen LogP contribution >= 0.6 is 11.6 Å². The number of aryl methyl sites for hydroxylation is 1. The summed E-state index contributed by atoms with van der Waals surface area (Å²) < 4.78 is 1.72. The van der Waals surface area contributed by atoms with Gasteiger partial charge >= 0.3 is 0 Å². The molecule has 0 aromatic carbocycles. The van der Waals surface area contributed by atoms with Crippen LogP contribution in [0.5, 0.6) is 0 Å². The van der Waals surface area contributed by atoms with Gasteiger partial charge in [0.25, 0.3) is 0 Å². The molecule has 108 valence electrons. The Morgan fingerprint density at radius 1 is 1.42 bits per heavy atom. The summed E-state index contributed by atoms with van der Waals surface area (Å²) in [6.07, 6.45) is 1.85. The molecular weight excluding hydrogens is 262 g/mol. The number of amides is 1. The van der Waals surface area contributed by atoms with Gasteiger partial charge in [0.2, 0.25) is 5.91 Å². The van der Waals surface area contributed by atoms with Gasteiger partial charge in [0, 0.05) is 37.3 Å². The minimum atomic E-state index is -0.664. The molecule has 1 aromatic heterocycles. The average molecular weight is 286 g/mol. The lowest BCUT2D eigenvalue weighted by Crippen LogP contribution is -2.33. The first-order valence-corrected chi connectivity index (χ1v) is 7.12. The van der Waals surface area contributed by atoms with Gasteiger partial charge in [-0.15, -0.1) is 11.6 Å². The van der Waals surface area contributed by atoms with E-state index in [1.165, 1.54) is 0 Å². The van der Waals surface area contributed by atoms with Crippen molar-refractivity contribution in [2.45, 2.75) is 45.4 Å². The predicted octanol–water partition coefficient (Wildman–Crippen LogP) is 2.87. The number of nitrogens with zero attached hydrogens (tertiary/aromatic N) is 3. The van der Waals surface area contributed by atoms with Crippen molar-refractivity contribution >= 4 is 17.5 Å². The maximum absolute atomic E-state index is 12.4. The lowest BCUT2D eigenvalue weighted by Gasteiger charge is -2.24. The molecule has 0 spiro atoms. The summed E-state index contributed by atoms with van der Waals surface area (Å²) in [5, 5.41) is 3.79. The third-order valence-corrected chi connectivity index (χ3v) is 3.55. The number of alkyl halides is 1. The number of hydrogen-bond donors (Lipinski definition) is 0. The Bertz CT molecular complexity index is 444. The van der Waals surface area contributed by atoms with E-state index < -0.39 is 5.38 Å². The van der Waals surface area contributed by atoms with Crippen molar-refractivity contribution in [2.24, 2.45) is 7.05 Å². The van der Waals surface area contributed by atoms with Crippen LogP contribution in [0.2, 0.25) is 0 Å². The molecule has 1 unspecified atom stereocenters. The molecule has 0 aliphatic carbocycles. The fourth-order valence-electron chi connectivity index (χ4n) is 2.10. The number of halogens is 1. The highest BCUT2D eigenvalue weighted by Crippen LogP contribution is 2.32. The lowest BCUT2D eigenvalue weighted by atomic mass is 9.88. The van der Waals surface area contributed by atoms with Crippen LogP contribution in [0.1, 0.15) is 51.3 Å². The molecule has 0 aliphatic heterocycles. The third-order valence-electron chi connectivity index (χ3n) is 3.13. The molecule has 0 N–H and O–H groups in total. The largest absolute Gasteiger partial charge is 0.342 e. The number of carbonyl (C=O) groups excluding carboxylic acids is 1. The summed E-state index contributed by atoms with van der Waals surface area (Å²) in [5.74, 6) is -0.0508. The van der Waals surface area contributed by atoms with E-state index in [4.69, 9.17) is 11.6 Å². The molecule has 1 aromatic rings. The number of carbonyl (C=O) groups is 1. The van der Waals surface area contributed by atoms with Crippen molar-refractivity contribution in [1.29, 1.82) is 0 Å². The molecule has 0 fully saturated rings. The molecule has 1 rings (SSSR count). The van der Waals surface area contributed by atoms with Gasteiger partial charge in [0.15, 0.2) is 0 Å². The van der Waals surface area contributed by atoms with E-state index in [1.807, 2.05) is 27.1 Å². The summed E-state index contributed by atoms with van der Waals surface area (Å²) in [7, 11) is 1.85.